The van der Waals surface area contributed by atoms with Crippen molar-refractivity contribution >= 4 is 5.78 Å². The molecule has 1 saturated carbocycles. The summed E-state index contributed by atoms with van der Waals surface area (Å²) in [6, 6.07) is 0. The summed E-state index contributed by atoms with van der Waals surface area (Å²) < 4.78 is 11.6. The Bertz CT molecular complexity index is 552. The number of hydrogen-bond donors (Lipinski definition) is 3. The van der Waals surface area contributed by atoms with E-state index in [0.29, 0.717) is 12.2 Å². The van der Waals surface area contributed by atoms with Gasteiger partial charge in [0.1, 0.15) is 17.8 Å². The van der Waals surface area contributed by atoms with E-state index in [1.54, 1.807) is 19.9 Å². The second-order valence-electron chi connectivity index (χ2n) is 7.06. The lowest BCUT2D eigenvalue weighted by Crippen LogP contribution is -2.67. The molecule has 2 heterocycles. The van der Waals surface area contributed by atoms with Crippen LogP contribution in [0.25, 0.3) is 0 Å². The number of aliphatic hydroxyl groups excluding tert-OH is 3. The highest BCUT2D eigenvalue weighted by atomic mass is 16.9. The average molecular weight is 311 g/mol. The number of allylic oxidation sites excluding steroid dienone is 1. The molecule has 3 fully saturated rings. The van der Waals surface area contributed by atoms with Crippen LogP contribution in [0.5, 0.6) is 0 Å². The molecule has 6 nitrogen and oxygen atoms in total. The molecule has 0 radical (unpaired) electrons. The number of rotatable bonds is 1. The van der Waals surface area contributed by atoms with Crippen molar-refractivity contribution in [1.82, 2.24) is 0 Å². The largest absolute Gasteiger partial charge is 0.396 e. The second kappa shape index (κ2) is 3.75. The van der Waals surface area contributed by atoms with Gasteiger partial charge in [-0.1, -0.05) is 6.92 Å². The van der Waals surface area contributed by atoms with Gasteiger partial charge < -0.3 is 24.8 Å². The number of carbonyl (C=O) groups excluding carboxylic acids is 1. The molecule has 6 heteroatoms. The predicted molar refractivity (Wildman–Crippen MR) is 70.4 cm³/mol. The first kappa shape index (κ1) is 13.8. The van der Waals surface area contributed by atoms with Crippen molar-refractivity contribution in [1.29, 1.82) is 0 Å². The molecule has 2 saturated heterocycles. The zero-order valence-electron chi connectivity index (χ0n) is 12.1. The molecule has 0 amide bonds. The Morgan fingerprint density at radius 2 is 2.10 bits per heavy atom. The average Bonchev–Trinajstić information content (AvgIpc) is 3.24. The van der Waals surface area contributed by atoms with Crippen LogP contribution in [0.3, 0.4) is 0 Å². The van der Waals surface area contributed by atoms with Gasteiger partial charge in [-0.25, -0.2) is 0 Å². The van der Waals surface area contributed by atoms with Gasteiger partial charge >= 0.3 is 0 Å². The minimum absolute atomic E-state index is 0.0621. The summed E-state index contributed by atoms with van der Waals surface area (Å²) in [4.78, 5) is 12.2. The molecule has 4 aliphatic rings. The topological polar surface area (TPSA) is 99.5 Å². The fourth-order valence-electron chi connectivity index (χ4n) is 4.90. The summed E-state index contributed by atoms with van der Waals surface area (Å²) in [7, 11) is 0. The Hall–Kier alpha value is -0.790. The normalized spacial score (nSPS) is 58.1. The standard InChI is InChI=1S/C15H20O6/c1-7-3-9-14(5-16,4-8(7)17)13(2)11(19)10(18)12(21-9)15(13)6-20-15/h3,9-12,16,18-19H,4-6H2,1-2H3/t9-,10-,11-,12-,13-,14-,15-/m1/s1/i1+1,2+1,3+1,4+1,5+1,6+1,7+1,8+1,9+1,10+1,11+1,12+1,13+1,14+1,15+1. The molecule has 0 aromatic carbocycles. The zero-order valence-corrected chi connectivity index (χ0v) is 12.1. The highest BCUT2D eigenvalue weighted by molar-refractivity contribution is 5.96. The number of epoxide rings is 1. The van der Waals surface area contributed by atoms with Crippen molar-refractivity contribution in [3.63, 3.8) is 0 Å². The van der Waals surface area contributed by atoms with Gasteiger partial charge in [0.15, 0.2) is 5.78 Å². The van der Waals surface area contributed by atoms with E-state index in [9.17, 15) is 20.1 Å². The maximum atomic E-state index is 12.2. The summed E-state index contributed by atoms with van der Waals surface area (Å²) in [5.74, 6) is -0.0621. The SMILES string of the molecule is [13CH3][13C]1=[13CH][13C@H]2O[13C@@H]3[13C@H](O)[13C@@H](O)[13C@]([13CH3])([13C@@]2([13CH2]O)[13CH2][13C]1=O)[13C@@]31[13CH2]O1. The van der Waals surface area contributed by atoms with Crippen LogP contribution in [-0.4, -0.2) is 64.3 Å². The number of ether oxygens (including phenoxy) is 2. The van der Waals surface area contributed by atoms with Crippen molar-refractivity contribution in [3.8, 4) is 0 Å². The van der Waals surface area contributed by atoms with Gasteiger partial charge in [-0.15, -0.1) is 0 Å². The third-order valence-corrected chi connectivity index (χ3v) is 6.49. The van der Waals surface area contributed by atoms with Crippen LogP contribution in [0.1, 0.15) is 20.3 Å². The predicted octanol–water partition coefficient (Wildman–Crippen LogP) is -0.838. The van der Waals surface area contributed by atoms with E-state index < -0.39 is 40.8 Å². The van der Waals surface area contributed by atoms with Crippen LogP contribution in [0.2, 0.25) is 0 Å². The van der Waals surface area contributed by atoms with Crippen LogP contribution in [-0.2, 0) is 14.3 Å². The molecule has 0 aromatic rings. The Balaban J connectivity index is 1.94. The fraction of sp³-hybridized carbons (Fsp3) is 0.800. The van der Waals surface area contributed by atoms with Crippen LogP contribution in [0, 0.1) is 10.8 Å². The molecule has 21 heavy (non-hydrogen) atoms. The van der Waals surface area contributed by atoms with Crippen molar-refractivity contribution < 1.29 is 29.6 Å². The molecular weight excluding hydrogens is 291 g/mol. The molecule has 4 rings (SSSR count). The molecule has 7 atom stereocenters. The van der Waals surface area contributed by atoms with Crippen molar-refractivity contribution in [2.24, 2.45) is 10.8 Å². The van der Waals surface area contributed by atoms with Gasteiger partial charge in [0.05, 0.1) is 25.4 Å². The van der Waals surface area contributed by atoms with E-state index in [4.69, 9.17) is 9.47 Å². The highest BCUT2D eigenvalue weighted by Crippen LogP contribution is 2.70. The first-order valence-electron chi connectivity index (χ1n) is 7.32. The van der Waals surface area contributed by atoms with Crippen LogP contribution >= 0.6 is 0 Å². The van der Waals surface area contributed by atoms with E-state index in [1.807, 2.05) is 0 Å². The first-order chi connectivity index (χ1) is 9.84. The number of aliphatic hydroxyl groups is 3. The van der Waals surface area contributed by atoms with Gasteiger partial charge in [-0.05, 0) is 18.6 Å². The molecule has 2 aliphatic heterocycles. The van der Waals surface area contributed by atoms with E-state index in [-0.39, 0.29) is 18.8 Å². The number of ketones is 1. The molecule has 116 valence electrons. The van der Waals surface area contributed by atoms with E-state index >= 15 is 0 Å². The summed E-state index contributed by atoms with van der Waals surface area (Å²) in [5, 5.41) is 31.1. The molecule has 0 unspecified atom stereocenters. The summed E-state index contributed by atoms with van der Waals surface area (Å²) in [5.41, 5.74) is -2.09. The number of carbonyl (C=O) groups is 1. The van der Waals surface area contributed by atoms with Crippen LogP contribution in [0.4, 0.5) is 0 Å². The number of Topliss-reactive ketones (excluding diaryl/α,β-unsaturated/α-hetero) is 1. The van der Waals surface area contributed by atoms with Gasteiger partial charge in [0.2, 0.25) is 0 Å². The lowest BCUT2D eigenvalue weighted by Gasteiger charge is -2.57. The molecule has 3 N–H and O–H groups in total. The van der Waals surface area contributed by atoms with E-state index in [0.717, 1.165) is 0 Å². The maximum Gasteiger partial charge on any atom is 0.159 e. The molecule has 1 spiro atoms. The molecule has 2 bridgehead atoms. The van der Waals surface area contributed by atoms with Gasteiger partial charge in [-0.3, -0.25) is 4.79 Å². The molecule has 0 aromatic heterocycles. The zero-order chi connectivity index (χ0) is 15.2. The molecular formula is C15H20O6. The third kappa shape index (κ3) is 1.22. The minimum Gasteiger partial charge on any atom is -0.396 e. The van der Waals surface area contributed by atoms with Gasteiger partial charge in [-0.2, -0.15) is 0 Å². The van der Waals surface area contributed by atoms with Crippen molar-refractivity contribution in [2.75, 3.05) is 13.2 Å². The fourth-order valence-corrected chi connectivity index (χ4v) is 4.90. The van der Waals surface area contributed by atoms with Crippen LogP contribution in [0.15, 0.2) is 11.6 Å². The summed E-state index contributed by atoms with van der Waals surface area (Å²) >= 11 is 0. The Labute approximate surface area is 122 Å². The Morgan fingerprint density at radius 3 is 2.67 bits per heavy atom. The first-order valence-corrected chi connectivity index (χ1v) is 7.32. The Morgan fingerprint density at radius 1 is 1.43 bits per heavy atom. The van der Waals surface area contributed by atoms with E-state index in [1.165, 1.54) is 0 Å². The number of hydrogen-bond acceptors (Lipinski definition) is 6. The van der Waals surface area contributed by atoms with E-state index in [2.05, 4.69) is 0 Å². The Kier molecular flexibility index (Phi) is 2.47. The lowest BCUT2D eigenvalue weighted by molar-refractivity contribution is -0.224. The second-order valence-corrected chi connectivity index (χ2v) is 7.06. The minimum atomic E-state index is -1.10. The third-order valence-electron chi connectivity index (χ3n) is 6.49. The summed E-state index contributed by atoms with van der Waals surface area (Å²) in [6.07, 6.45) is -1.49. The lowest BCUT2D eigenvalue weighted by atomic mass is 10.5. The van der Waals surface area contributed by atoms with Gasteiger partial charge in [0.25, 0.3) is 0 Å². The quantitative estimate of drug-likeness (QED) is 0.431. The van der Waals surface area contributed by atoms with Crippen LogP contribution < -0.4 is 0 Å². The summed E-state index contributed by atoms with van der Waals surface area (Å²) in [6.45, 7) is 3.60. The highest BCUT2D eigenvalue weighted by Gasteiger charge is 2.84. The maximum absolute atomic E-state index is 12.2. The monoisotopic (exact) mass is 311 g/mol. The van der Waals surface area contributed by atoms with Crippen molar-refractivity contribution in [2.45, 2.75) is 50.3 Å². The van der Waals surface area contributed by atoms with Gasteiger partial charge in [0, 0.05) is 17.3 Å². The number of fused-ring (bicyclic) bond motifs is 2. The smallest absolute Gasteiger partial charge is 0.159 e. The molecule has 2 aliphatic carbocycles. The van der Waals surface area contributed by atoms with Crippen molar-refractivity contribution in [3.05, 3.63) is 11.6 Å².